The summed E-state index contributed by atoms with van der Waals surface area (Å²) in [7, 11) is 1.50. The van der Waals surface area contributed by atoms with Crippen molar-refractivity contribution in [2.24, 2.45) is 5.73 Å². The molecule has 0 aliphatic heterocycles. The lowest BCUT2D eigenvalue weighted by Crippen LogP contribution is -2.02. The van der Waals surface area contributed by atoms with Gasteiger partial charge in [0.2, 0.25) is 0 Å². The van der Waals surface area contributed by atoms with Crippen molar-refractivity contribution in [3.8, 4) is 0 Å². The molecule has 0 saturated carbocycles. The molecular weight excluding hydrogens is 184 g/mol. The first kappa shape index (κ1) is 14.0. The largest absolute Gasteiger partial charge is 0.398 e. The van der Waals surface area contributed by atoms with Crippen molar-refractivity contribution in [1.29, 1.82) is 0 Å². The Morgan fingerprint density at radius 2 is 1.20 bits per heavy atom. The fourth-order valence-electron chi connectivity index (χ4n) is 1.61. The number of hydrogen-bond acceptors (Lipinski definition) is 2. The molecule has 2 heteroatoms. The Kier molecular flexibility index (Phi) is 6.02. The highest BCUT2D eigenvalue weighted by Gasteiger charge is 2.09. The Bertz CT molecular complexity index is 264. The van der Waals surface area contributed by atoms with Crippen molar-refractivity contribution in [1.82, 2.24) is 0 Å². The lowest BCUT2D eigenvalue weighted by atomic mass is 9.93. The Labute approximate surface area is 93.7 Å². The third kappa shape index (κ3) is 3.56. The first-order valence-corrected chi connectivity index (χ1v) is 5.50. The predicted octanol–water partition coefficient (Wildman–Crippen LogP) is 3.09. The second kappa shape index (κ2) is 6.46. The molecule has 1 aromatic carbocycles. The number of rotatable bonds is 2. The van der Waals surface area contributed by atoms with Crippen molar-refractivity contribution in [2.45, 2.75) is 39.5 Å². The highest BCUT2D eigenvalue weighted by molar-refractivity contribution is 5.56. The van der Waals surface area contributed by atoms with Gasteiger partial charge in [-0.25, -0.2) is 0 Å². The van der Waals surface area contributed by atoms with E-state index in [2.05, 4.69) is 51.6 Å². The summed E-state index contributed by atoms with van der Waals surface area (Å²) in [6.45, 7) is 8.71. The van der Waals surface area contributed by atoms with Crippen LogP contribution in [0.4, 0.5) is 5.69 Å². The summed E-state index contributed by atoms with van der Waals surface area (Å²) < 4.78 is 0. The zero-order valence-electron chi connectivity index (χ0n) is 10.5. The number of anilines is 1. The van der Waals surface area contributed by atoms with Crippen LogP contribution in [-0.4, -0.2) is 7.05 Å². The molecule has 15 heavy (non-hydrogen) atoms. The van der Waals surface area contributed by atoms with Gasteiger partial charge < -0.3 is 11.5 Å². The first-order valence-electron chi connectivity index (χ1n) is 5.50. The van der Waals surface area contributed by atoms with Crippen LogP contribution in [0.3, 0.4) is 0 Å². The van der Waals surface area contributed by atoms with E-state index < -0.39 is 0 Å². The molecule has 1 aromatic rings. The van der Waals surface area contributed by atoms with Gasteiger partial charge in [0, 0.05) is 5.69 Å². The van der Waals surface area contributed by atoms with Crippen molar-refractivity contribution in [3.63, 3.8) is 0 Å². The molecule has 0 spiro atoms. The van der Waals surface area contributed by atoms with E-state index in [1.165, 1.54) is 18.2 Å². The third-order valence-electron chi connectivity index (χ3n) is 2.42. The van der Waals surface area contributed by atoms with Gasteiger partial charge in [0.25, 0.3) is 0 Å². The summed E-state index contributed by atoms with van der Waals surface area (Å²) in [5.74, 6) is 1.03. The third-order valence-corrected chi connectivity index (χ3v) is 2.42. The van der Waals surface area contributed by atoms with Gasteiger partial charge in [0.1, 0.15) is 0 Å². The van der Waals surface area contributed by atoms with E-state index in [9.17, 15) is 0 Å². The first-order chi connectivity index (χ1) is 7.04. The highest BCUT2D eigenvalue weighted by Crippen LogP contribution is 2.29. The van der Waals surface area contributed by atoms with E-state index in [-0.39, 0.29) is 0 Å². The van der Waals surface area contributed by atoms with Gasteiger partial charge in [-0.2, -0.15) is 0 Å². The van der Waals surface area contributed by atoms with Crippen LogP contribution in [0.15, 0.2) is 18.2 Å². The maximum atomic E-state index is 6.09. The van der Waals surface area contributed by atoms with E-state index in [4.69, 9.17) is 5.73 Å². The Morgan fingerprint density at radius 3 is 1.47 bits per heavy atom. The van der Waals surface area contributed by atoms with Crippen LogP contribution in [0.25, 0.3) is 0 Å². The van der Waals surface area contributed by atoms with Crippen molar-refractivity contribution in [2.75, 3.05) is 12.8 Å². The van der Waals surface area contributed by atoms with Crippen molar-refractivity contribution < 1.29 is 0 Å². The fraction of sp³-hybridized carbons (Fsp3) is 0.538. The maximum Gasteiger partial charge on any atom is 0.0384 e. The molecule has 4 N–H and O–H groups in total. The van der Waals surface area contributed by atoms with Crippen LogP contribution in [0.2, 0.25) is 0 Å². The molecule has 0 amide bonds. The summed E-state index contributed by atoms with van der Waals surface area (Å²) >= 11 is 0. The minimum atomic E-state index is 0.513. The average molecular weight is 208 g/mol. The molecule has 2 nitrogen and oxygen atoms in total. The second-order valence-electron chi connectivity index (χ2n) is 4.16. The van der Waals surface area contributed by atoms with Crippen LogP contribution >= 0.6 is 0 Å². The zero-order chi connectivity index (χ0) is 12.0. The summed E-state index contributed by atoms with van der Waals surface area (Å²) in [4.78, 5) is 0. The molecule has 0 aliphatic carbocycles. The van der Waals surface area contributed by atoms with Crippen LogP contribution in [0.5, 0.6) is 0 Å². The topological polar surface area (TPSA) is 52.0 Å². The van der Waals surface area contributed by atoms with Gasteiger partial charge in [0.05, 0.1) is 0 Å². The maximum absolute atomic E-state index is 6.09. The molecule has 0 aliphatic rings. The molecule has 0 bridgehead atoms. The predicted molar refractivity (Wildman–Crippen MR) is 69.1 cm³/mol. The molecular formula is C13H24N2. The van der Waals surface area contributed by atoms with E-state index in [1.54, 1.807) is 0 Å². The quantitative estimate of drug-likeness (QED) is 0.734. The van der Waals surface area contributed by atoms with Gasteiger partial charge >= 0.3 is 0 Å². The lowest BCUT2D eigenvalue weighted by Gasteiger charge is -2.15. The van der Waals surface area contributed by atoms with Gasteiger partial charge in [-0.15, -0.1) is 0 Å². The SMILES string of the molecule is CC(C)c1cccc(C(C)C)c1N.CN. The van der Waals surface area contributed by atoms with Gasteiger partial charge in [-0.1, -0.05) is 45.9 Å². The molecule has 0 atom stereocenters. The normalized spacial score (nSPS) is 10.1. The minimum absolute atomic E-state index is 0.513. The smallest absolute Gasteiger partial charge is 0.0384 e. The molecule has 0 unspecified atom stereocenters. The van der Waals surface area contributed by atoms with Gasteiger partial charge in [-0.05, 0) is 30.0 Å². The minimum Gasteiger partial charge on any atom is -0.398 e. The molecule has 86 valence electrons. The molecule has 0 heterocycles. The standard InChI is InChI=1S/C12H19N.CH5N/c1-8(2)10-6-5-7-11(9(3)4)12(10)13;1-2/h5-9H,13H2,1-4H3;2H2,1H3. The monoisotopic (exact) mass is 208 g/mol. The Hall–Kier alpha value is -1.02. The lowest BCUT2D eigenvalue weighted by molar-refractivity contribution is 0.840. The number of nitrogens with two attached hydrogens (primary N) is 2. The molecule has 0 radical (unpaired) electrons. The van der Waals surface area contributed by atoms with E-state index >= 15 is 0 Å². The number of hydrogen-bond donors (Lipinski definition) is 2. The van der Waals surface area contributed by atoms with Crippen molar-refractivity contribution >= 4 is 5.69 Å². The summed E-state index contributed by atoms with van der Waals surface area (Å²) in [5, 5.41) is 0. The van der Waals surface area contributed by atoms with Crippen LogP contribution < -0.4 is 11.5 Å². The second-order valence-corrected chi connectivity index (χ2v) is 4.16. The summed E-state index contributed by atoms with van der Waals surface area (Å²) in [6.07, 6.45) is 0. The van der Waals surface area contributed by atoms with E-state index in [0.29, 0.717) is 11.8 Å². The molecule has 0 saturated heterocycles. The molecule has 0 fully saturated rings. The van der Waals surface area contributed by atoms with Gasteiger partial charge in [-0.3, -0.25) is 0 Å². The van der Waals surface area contributed by atoms with E-state index in [0.717, 1.165) is 5.69 Å². The molecule has 0 aromatic heterocycles. The number of benzene rings is 1. The zero-order valence-corrected chi connectivity index (χ0v) is 10.5. The number of para-hydroxylation sites is 1. The average Bonchev–Trinajstić information content (AvgIpc) is 2.20. The molecule has 1 rings (SSSR count). The summed E-state index contributed by atoms with van der Waals surface area (Å²) in [5.41, 5.74) is 14.1. The highest BCUT2D eigenvalue weighted by atomic mass is 14.6. The van der Waals surface area contributed by atoms with Crippen LogP contribution in [0.1, 0.15) is 50.7 Å². The Morgan fingerprint density at radius 1 is 0.867 bits per heavy atom. The van der Waals surface area contributed by atoms with Gasteiger partial charge in [0.15, 0.2) is 0 Å². The Balaban J connectivity index is 0.000000921. The van der Waals surface area contributed by atoms with Crippen LogP contribution in [0, 0.1) is 0 Å². The summed E-state index contributed by atoms with van der Waals surface area (Å²) in [6, 6.07) is 6.33. The number of nitrogen functional groups attached to an aromatic ring is 1. The van der Waals surface area contributed by atoms with Crippen LogP contribution in [-0.2, 0) is 0 Å². The van der Waals surface area contributed by atoms with Crippen molar-refractivity contribution in [3.05, 3.63) is 29.3 Å². The van der Waals surface area contributed by atoms with E-state index in [1.807, 2.05) is 0 Å². The fourth-order valence-corrected chi connectivity index (χ4v) is 1.61.